The van der Waals surface area contributed by atoms with Crippen molar-refractivity contribution < 1.29 is 0 Å². The molecule has 11 heavy (non-hydrogen) atoms. The Morgan fingerprint density at radius 2 is 2.36 bits per heavy atom. The summed E-state index contributed by atoms with van der Waals surface area (Å²) in [6.07, 6.45) is 4.08. The van der Waals surface area contributed by atoms with Gasteiger partial charge in [0.05, 0.1) is 0 Å². The maximum absolute atomic E-state index is 5.63. The zero-order chi connectivity index (χ0) is 8.27. The van der Waals surface area contributed by atoms with Crippen molar-refractivity contribution in [3.63, 3.8) is 0 Å². The second-order valence-corrected chi connectivity index (χ2v) is 3.78. The zero-order valence-electron chi connectivity index (χ0n) is 7.64. The van der Waals surface area contributed by atoms with Crippen molar-refractivity contribution in [3.05, 3.63) is 0 Å². The summed E-state index contributed by atoms with van der Waals surface area (Å²) >= 11 is 0. The third-order valence-corrected chi connectivity index (χ3v) is 2.28. The number of rotatable bonds is 5. The first kappa shape index (κ1) is 9.01. The topological polar surface area (TPSA) is 38.0 Å². The summed E-state index contributed by atoms with van der Waals surface area (Å²) in [6, 6.07) is 1.10. The van der Waals surface area contributed by atoms with Crippen molar-refractivity contribution >= 4 is 0 Å². The van der Waals surface area contributed by atoms with Gasteiger partial charge in [0.15, 0.2) is 0 Å². The van der Waals surface area contributed by atoms with Gasteiger partial charge in [0.1, 0.15) is 0 Å². The van der Waals surface area contributed by atoms with Gasteiger partial charge in [0.25, 0.3) is 0 Å². The number of hydrogen-bond acceptors (Lipinski definition) is 2. The highest BCUT2D eigenvalue weighted by Gasteiger charge is 2.35. The Bertz CT molecular complexity index is 112. The van der Waals surface area contributed by atoms with E-state index in [-0.39, 0.29) is 0 Å². The molecule has 3 atom stereocenters. The van der Waals surface area contributed by atoms with Crippen LogP contribution in [0.4, 0.5) is 0 Å². The predicted molar refractivity (Wildman–Crippen MR) is 48.5 cm³/mol. The van der Waals surface area contributed by atoms with Crippen LogP contribution in [-0.4, -0.2) is 18.6 Å². The van der Waals surface area contributed by atoms with Crippen molar-refractivity contribution in [2.75, 3.05) is 6.54 Å². The van der Waals surface area contributed by atoms with Gasteiger partial charge in [-0.25, -0.2) is 0 Å². The fourth-order valence-corrected chi connectivity index (χ4v) is 1.52. The van der Waals surface area contributed by atoms with Crippen LogP contribution in [0.3, 0.4) is 0 Å². The maximum Gasteiger partial charge on any atom is 0.0136 e. The van der Waals surface area contributed by atoms with Gasteiger partial charge in [-0.15, -0.1) is 0 Å². The molecule has 0 saturated heterocycles. The van der Waals surface area contributed by atoms with Crippen LogP contribution in [0.15, 0.2) is 0 Å². The van der Waals surface area contributed by atoms with E-state index in [0.29, 0.717) is 6.04 Å². The minimum absolute atomic E-state index is 0.304. The molecule has 1 saturated carbocycles. The first-order chi connectivity index (χ1) is 5.24. The fraction of sp³-hybridized carbons (Fsp3) is 1.00. The summed E-state index contributed by atoms with van der Waals surface area (Å²) in [4.78, 5) is 0. The first-order valence-electron chi connectivity index (χ1n) is 4.73. The summed E-state index contributed by atoms with van der Waals surface area (Å²) in [5, 5.41) is 3.47. The Kier molecular flexibility index (Phi) is 3.34. The molecule has 0 aromatic rings. The largest absolute Gasteiger partial charge is 0.327 e. The molecular formula is C9H20N2. The van der Waals surface area contributed by atoms with Gasteiger partial charge in [-0.05, 0) is 25.7 Å². The first-order valence-corrected chi connectivity index (χ1v) is 4.73. The molecule has 3 unspecified atom stereocenters. The monoisotopic (exact) mass is 156 g/mol. The van der Waals surface area contributed by atoms with E-state index in [4.69, 9.17) is 5.73 Å². The Hall–Kier alpha value is -0.0800. The predicted octanol–water partition coefficient (Wildman–Crippen LogP) is 1.11. The molecule has 1 aliphatic rings. The summed E-state index contributed by atoms with van der Waals surface area (Å²) in [7, 11) is 0. The molecule has 0 radical (unpaired) electrons. The molecule has 0 aromatic carbocycles. The van der Waals surface area contributed by atoms with Crippen LogP contribution in [0, 0.1) is 5.92 Å². The Morgan fingerprint density at radius 1 is 1.64 bits per heavy atom. The molecule has 2 heteroatoms. The quantitative estimate of drug-likeness (QED) is 0.626. The van der Waals surface area contributed by atoms with Crippen molar-refractivity contribution in [3.8, 4) is 0 Å². The van der Waals surface area contributed by atoms with Crippen LogP contribution >= 0.6 is 0 Å². The van der Waals surface area contributed by atoms with E-state index in [1.54, 1.807) is 0 Å². The van der Waals surface area contributed by atoms with Gasteiger partial charge >= 0.3 is 0 Å². The lowest BCUT2D eigenvalue weighted by Gasteiger charge is -2.06. The van der Waals surface area contributed by atoms with Gasteiger partial charge in [0.2, 0.25) is 0 Å². The molecule has 1 rings (SSSR count). The van der Waals surface area contributed by atoms with Gasteiger partial charge in [-0.1, -0.05) is 13.3 Å². The molecule has 1 fully saturated rings. The van der Waals surface area contributed by atoms with Crippen molar-refractivity contribution in [2.45, 2.75) is 45.2 Å². The minimum atomic E-state index is 0.304. The maximum atomic E-state index is 5.63. The molecule has 3 N–H and O–H groups in total. The molecule has 0 aliphatic heterocycles. The summed E-state index contributed by atoms with van der Waals surface area (Å²) < 4.78 is 0. The van der Waals surface area contributed by atoms with Gasteiger partial charge < -0.3 is 11.1 Å². The molecule has 0 heterocycles. The lowest BCUT2D eigenvalue weighted by Crippen LogP contribution is -2.32. The van der Waals surface area contributed by atoms with Gasteiger partial charge in [-0.3, -0.25) is 0 Å². The molecule has 1 aliphatic carbocycles. The average Bonchev–Trinajstić information content (AvgIpc) is 2.64. The Morgan fingerprint density at radius 3 is 2.91 bits per heavy atom. The molecule has 66 valence electrons. The van der Waals surface area contributed by atoms with Crippen LogP contribution in [0.1, 0.15) is 33.1 Å². The van der Waals surface area contributed by atoms with Crippen LogP contribution in [-0.2, 0) is 0 Å². The second-order valence-electron chi connectivity index (χ2n) is 3.78. The summed E-state index contributed by atoms with van der Waals surface area (Å²) in [5.41, 5.74) is 5.63. The van der Waals surface area contributed by atoms with Crippen LogP contribution in [0.5, 0.6) is 0 Å². The van der Waals surface area contributed by atoms with Crippen molar-refractivity contribution in [2.24, 2.45) is 11.7 Å². The Balaban J connectivity index is 1.95. The highest BCUT2D eigenvalue weighted by molar-refractivity contribution is 4.92. The van der Waals surface area contributed by atoms with E-state index in [1.165, 1.54) is 19.3 Å². The third kappa shape index (κ3) is 3.21. The fourth-order valence-electron chi connectivity index (χ4n) is 1.52. The average molecular weight is 156 g/mol. The molecule has 2 nitrogen and oxygen atoms in total. The van der Waals surface area contributed by atoms with E-state index in [9.17, 15) is 0 Å². The molecule has 0 amide bonds. The van der Waals surface area contributed by atoms with Crippen molar-refractivity contribution in [1.29, 1.82) is 0 Å². The third-order valence-electron chi connectivity index (χ3n) is 2.28. The molecular weight excluding hydrogens is 136 g/mol. The van der Waals surface area contributed by atoms with E-state index in [2.05, 4.69) is 12.2 Å². The lowest BCUT2D eigenvalue weighted by atomic mass is 10.2. The van der Waals surface area contributed by atoms with E-state index >= 15 is 0 Å². The highest BCUT2D eigenvalue weighted by atomic mass is 15.0. The van der Waals surface area contributed by atoms with Crippen molar-refractivity contribution in [1.82, 2.24) is 5.32 Å². The van der Waals surface area contributed by atoms with Gasteiger partial charge in [-0.2, -0.15) is 0 Å². The number of nitrogens with two attached hydrogens (primary N) is 1. The van der Waals surface area contributed by atoms with E-state index in [0.717, 1.165) is 18.5 Å². The molecule has 0 aromatic heterocycles. The highest BCUT2D eigenvalue weighted by Crippen LogP contribution is 2.34. The lowest BCUT2D eigenvalue weighted by molar-refractivity contribution is 0.562. The number of hydrogen-bond donors (Lipinski definition) is 2. The van der Waals surface area contributed by atoms with Crippen LogP contribution in [0.2, 0.25) is 0 Å². The minimum Gasteiger partial charge on any atom is -0.327 e. The summed E-state index contributed by atoms with van der Waals surface area (Å²) in [5.74, 6) is 0.957. The van der Waals surface area contributed by atoms with Crippen LogP contribution in [0.25, 0.3) is 0 Å². The molecule has 0 bridgehead atoms. The Labute approximate surface area is 69.5 Å². The molecule has 0 spiro atoms. The standard InChI is InChI=1S/C9H20N2/c1-3-4-8-5-9(8)11-6-7(2)10/h7-9,11H,3-6,10H2,1-2H3. The van der Waals surface area contributed by atoms with Crippen LogP contribution < -0.4 is 11.1 Å². The second kappa shape index (κ2) is 4.07. The van der Waals surface area contributed by atoms with E-state index in [1.807, 2.05) is 6.92 Å². The zero-order valence-corrected chi connectivity index (χ0v) is 7.64. The van der Waals surface area contributed by atoms with E-state index < -0.39 is 0 Å². The SMILES string of the molecule is CCCC1CC1NCC(C)N. The smallest absolute Gasteiger partial charge is 0.0136 e. The summed E-state index contributed by atoms with van der Waals surface area (Å²) in [6.45, 7) is 5.27. The normalized spacial score (nSPS) is 31.9. The number of nitrogens with one attached hydrogen (secondary N) is 1. The van der Waals surface area contributed by atoms with Gasteiger partial charge in [0, 0.05) is 18.6 Å².